The standard InChI is InChI=1S/C16H29N3/c1-4-5-10-19-12-14(3)18-16(19)17-11-15-9-7-6-8-13(15)2/h12-13,15H,4-11H2,1-3H3,(H,17,18). The summed E-state index contributed by atoms with van der Waals surface area (Å²) in [4.78, 5) is 4.62. The molecule has 3 nitrogen and oxygen atoms in total. The Hall–Kier alpha value is -0.990. The summed E-state index contributed by atoms with van der Waals surface area (Å²) >= 11 is 0. The molecule has 1 aliphatic carbocycles. The highest BCUT2D eigenvalue weighted by Crippen LogP contribution is 2.29. The van der Waals surface area contributed by atoms with E-state index in [4.69, 9.17) is 0 Å². The van der Waals surface area contributed by atoms with E-state index < -0.39 is 0 Å². The number of nitrogens with zero attached hydrogens (tertiary/aromatic N) is 2. The van der Waals surface area contributed by atoms with Crippen molar-refractivity contribution >= 4 is 5.95 Å². The van der Waals surface area contributed by atoms with Crippen molar-refractivity contribution in [2.45, 2.75) is 65.8 Å². The Morgan fingerprint density at radius 2 is 2.16 bits per heavy atom. The van der Waals surface area contributed by atoms with Crippen molar-refractivity contribution in [3.63, 3.8) is 0 Å². The van der Waals surface area contributed by atoms with Crippen molar-refractivity contribution in [2.75, 3.05) is 11.9 Å². The summed E-state index contributed by atoms with van der Waals surface area (Å²) < 4.78 is 2.28. The van der Waals surface area contributed by atoms with Gasteiger partial charge in [-0.25, -0.2) is 4.98 Å². The molecule has 0 radical (unpaired) electrons. The third-order valence-corrected chi connectivity index (χ3v) is 4.46. The largest absolute Gasteiger partial charge is 0.355 e. The van der Waals surface area contributed by atoms with Crippen LogP contribution in [0.25, 0.3) is 0 Å². The van der Waals surface area contributed by atoms with Gasteiger partial charge in [0.1, 0.15) is 0 Å². The van der Waals surface area contributed by atoms with Crippen LogP contribution >= 0.6 is 0 Å². The minimum absolute atomic E-state index is 0.824. The Morgan fingerprint density at radius 3 is 2.89 bits per heavy atom. The molecular weight excluding hydrogens is 234 g/mol. The zero-order chi connectivity index (χ0) is 13.7. The summed E-state index contributed by atoms with van der Waals surface area (Å²) in [6, 6.07) is 0. The molecule has 0 aliphatic heterocycles. The molecule has 3 heteroatoms. The quantitative estimate of drug-likeness (QED) is 0.832. The lowest BCUT2D eigenvalue weighted by molar-refractivity contribution is 0.268. The van der Waals surface area contributed by atoms with Gasteiger partial charge in [0.15, 0.2) is 0 Å². The Bertz CT molecular complexity index is 383. The van der Waals surface area contributed by atoms with E-state index in [1.54, 1.807) is 0 Å². The van der Waals surface area contributed by atoms with E-state index in [-0.39, 0.29) is 0 Å². The van der Waals surface area contributed by atoms with Crippen LogP contribution in [0.5, 0.6) is 0 Å². The molecule has 1 aromatic heterocycles. The van der Waals surface area contributed by atoms with Crippen LogP contribution in [0.2, 0.25) is 0 Å². The molecule has 108 valence electrons. The second-order valence-electron chi connectivity index (χ2n) is 6.16. The van der Waals surface area contributed by atoms with Gasteiger partial charge >= 0.3 is 0 Å². The van der Waals surface area contributed by atoms with Crippen LogP contribution in [-0.2, 0) is 6.54 Å². The normalized spacial score (nSPS) is 23.5. The summed E-state index contributed by atoms with van der Waals surface area (Å²) in [6.45, 7) is 8.89. The first-order valence-electron chi connectivity index (χ1n) is 7.98. The molecule has 1 N–H and O–H groups in total. The Labute approximate surface area is 117 Å². The highest BCUT2D eigenvalue weighted by molar-refractivity contribution is 5.28. The summed E-state index contributed by atoms with van der Waals surface area (Å²) in [5.74, 6) is 2.76. The van der Waals surface area contributed by atoms with Gasteiger partial charge in [0.25, 0.3) is 0 Å². The van der Waals surface area contributed by atoms with Crippen LogP contribution in [0.15, 0.2) is 6.20 Å². The molecule has 0 bridgehead atoms. The van der Waals surface area contributed by atoms with Crippen molar-refractivity contribution in [1.82, 2.24) is 9.55 Å². The lowest BCUT2D eigenvalue weighted by Gasteiger charge is -2.29. The Balaban J connectivity index is 1.90. The van der Waals surface area contributed by atoms with Gasteiger partial charge in [0.2, 0.25) is 5.95 Å². The predicted molar refractivity (Wildman–Crippen MR) is 81.5 cm³/mol. The second kappa shape index (κ2) is 6.97. The average Bonchev–Trinajstić information content (AvgIpc) is 2.76. The highest BCUT2D eigenvalue weighted by atomic mass is 15.2. The number of rotatable bonds is 6. The monoisotopic (exact) mass is 263 g/mol. The molecular formula is C16H29N3. The number of anilines is 1. The first-order valence-corrected chi connectivity index (χ1v) is 7.98. The number of hydrogen-bond acceptors (Lipinski definition) is 2. The zero-order valence-corrected chi connectivity index (χ0v) is 12.8. The number of nitrogens with one attached hydrogen (secondary N) is 1. The number of aromatic nitrogens is 2. The third-order valence-electron chi connectivity index (χ3n) is 4.46. The van der Waals surface area contributed by atoms with Gasteiger partial charge in [-0.15, -0.1) is 0 Å². The second-order valence-corrected chi connectivity index (χ2v) is 6.16. The van der Waals surface area contributed by atoms with Crippen molar-refractivity contribution in [2.24, 2.45) is 11.8 Å². The molecule has 19 heavy (non-hydrogen) atoms. The number of hydrogen-bond donors (Lipinski definition) is 1. The summed E-state index contributed by atoms with van der Waals surface area (Å²) in [5.41, 5.74) is 1.12. The van der Waals surface area contributed by atoms with E-state index in [9.17, 15) is 0 Å². The van der Waals surface area contributed by atoms with Crippen molar-refractivity contribution < 1.29 is 0 Å². The van der Waals surface area contributed by atoms with Gasteiger partial charge in [0, 0.05) is 19.3 Å². The van der Waals surface area contributed by atoms with Gasteiger partial charge in [-0.3, -0.25) is 0 Å². The topological polar surface area (TPSA) is 29.9 Å². The van der Waals surface area contributed by atoms with Crippen molar-refractivity contribution in [1.29, 1.82) is 0 Å². The van der Waals surface area contributed by atoms with E-state index in [2.05, 4.69) is 41.8 Å². The Morgan fingerprint density at radius 1 is 1.37 bits per heavy atom. The van der Waals surface area contributed by atoms with E-state index >= 15 is 0 Å². The summed E-state index contributed by atoms with van der Waals surface area (Å²) in [7, 11) is 0. The third kappa shape index (κ3) is 3.99. The number of aryl methyl sites for hydroxylation is 2. The maximum absolute atomic E-state index is 4.62. The molecule has 0 amide bonds. The van der Waals surface area contributed by atoms with Gasteiger partial charge in [-0.2, -0.15) is 0 Å². The van der Waals surface area contributed by atoms with E-state index in [0.717, 1.165) is 36.6 Å². The van der Waals surface area contributed by atoms with Gasteiger partial charge in [-0.1, -0.05) is 39.5 Å². The SMILES string of the molecule is CCCCn1cc(C)nc1NCC1CCCCC1C. The lowest BCUT2D eigenvalue weighted by atomic mass is 9.80. The molecule has 1 heterocycles. The minimum Gasteiger partial charge on any atom is -0.355 e. The number of imidazole rings is 1. The van der Waals surface area contributed by atoms with Crippen LogP contribution in [0.4, 0.5) is 5.95 Å². The highest BCUT2D eigenvalue weighted by Gasteiger charge is 2.21. The minimum atomic E-state index is 0.824. The predicted octanol–water partition coefficient (Wildman–Crippen LogP) is 4.23. The van der Waals surface area contributed by atoms with Crippen molar-refractivity contribution in [3.8, 4) is 0 Å². The van der Waals surface area contributed by atoms with E-state index in [0.29, 0.717) is 0 Å². The summed E-state index contributed by atoms with van der Waals surface area (Å²) in [6.07, 6.45) is 10.2. The van der Waals surface area contributed by atoms with Crippen LogP contribution in [0.1, 0.15) is 58.1 Å². The first-order chi connectivity index (χ1) is 9.20. The molecule has 0 aromatic carbocycles. The fourth-order valence-corrected chi connectivity index (χ4v) is 3.11. The van der Waals surface area contributed by atoms with Crippen LogP contribution < -0.4 is 5.32 Å². The maximum Gasteiger partial charge on any atom is 0.203 e. The Kier molecular flexibility index (Phi) is 5.29. The molecule has 0 saturated heterocycles. The maximum atomic E-state index is 4.62. The van der Waals surface area contributed by atoms with Gasteiger partial charge in [-0.05, 0) is 31.6 Å². The molecule has 1 aliphatic rings. The summed E-state index contributed by atoms with van der Waals surface area (Å²) in [5, 5.41) is 3.59. The molecule has 1 saturated carbocycles. The van der Waals surface area contributed by atoms with Gasteiger partial charge in [0.05, 0.1) is 5.69 Å². The molecule has 0 spiro atoms. The van der Waals surface area contributed by atoms with Crippen LogP contribution in [0.3, 0.4) is 0 Å². The first kappa shape index (κ1) is 14.4. The zero-order valence-electron chi connectivity index (χ0n) is 12.8. The molecule has 1 aromatic rings. The van der Waals surface area contributed by atoms with Crippen LogP contribution in [-0.4, -0.2) is 16.1 Å². The smallest absolute Gasteiger partial charge is 0.203 e. The average molecular weight is 263 g/mol. The van der Waals surface area contributed by atoms with Crippen molar-refractivity contribution in [3.05, 3.63) is 11.9 Å². The molecule has 2 rings (SSSR count). The fourth-order valence-electron chi connectivity index (χ4n) is 3.11. The fraction of sp³-hybridized carbons (Fsp3) is 0.812. The number of unbranched alkanes of at least 4 members (excludes halogenated alkanes) is 1. The van der Waals surface area contributed by atoms with E-state index in [1.807, 2.05) is 0 Å². The van der Waals surface area contributed by atoms with Gasteiger partial charge < -0.3 is 9.88 Å². The molecule has 2 unspecified atom stereocenters. The lowest BCUT2D eigenvalue weighted by Crippen LogP contribution is -2.25. The molecule has 2 atom stereocenters. The molecule has 1 fully saturated rings. The van der Waals surface area contributed by atoms with Crippen LogP contribution in [0, 0.1) is 18.8 Å². The van der Waals surface area contributed by atoms with E-state index in [1.165, 1.54) is 38.5 Å².